The Bertz CT molecular complexity index is 926. The molecule has 1 aromatic heterocycles. The summed E-state index contributed by atoms with van der Waals surface area (Å²) in [5, 5.41) is 12.9. The molecule has 0 bridgehead atoms. The van der Waals surface area contributed by atoms with Crippen molar-refractivity contribution >= 4 is 28.5 Å². The van der Waals surface area contributed by atoms with Gasteiger partial charge in [0.25, 0.3) is 5.91 Å². The van der Waals surface area contributed by atoms with Gasteiger partial charge in [-0.1, -0.05) is 29.8 Å². The zero-order chi connectivity index (χ0) is 17.8. The second-order valence-corrected chi connectivity index (χ2v) is 5.93. The van der Waals surface area contributed by atoms with Gasteiger partial charge in [-0.25, -0.2) is 0 Å². The van der Waals surface area contributed by atoms with Gasteiger partial charge in [0.1, 0.15) is 17.1 Å². The standard InChI is InChI=1S/C19H15ClN2O3/c1-12(18-9-14-4-2-3-5-16(14)25-18)22-19(23)11-24-17-7-6-13(10-21)8-15(17)20/h2-9,12H,11H2,1H3,(H,22,23). The van der Waals surface area contributed by atoms with E-state index < -0.39 is 0 Å². The first-order valence-corrected chi connectivity index (χ1v) is 8.05. The Morgan fingerprint density at radius 2 is 2.12 bits per heavy atom. The molecule has 3 rings (SSSR count). The molecule has 0 saturated heterocycles. The van der Waals surface area contributed by atoms with Gasteiger partial charge in [-0.2, -0.15) is 5.26 Å². The van der Waals surface area contributed by atoms with Crippen molar-refractivity contribution < 1.29 is 13.9 Å². The summed E-state index contributed by atoms with van der Waals surface area (Å²) in [6.45, 7) is 1.65. The normalized spacial score (nSPS) is 11.7. The number of amides is 1. The molecule has 0 aliphatic carbocycles. The van der Waals surface area contributed by atoms with Gasteiger partial charge in [-0.3, -0.25) is 4.79 Å². The Hall–Kier alpha value is -2.97. The van der Waals surface area contributed by atoms with Crippen LogP contribution in [0.3, 0.4) is 0 Å². The predicted octanol–water partition coefficient (Wildman–Crippen LogP) is 4.21. The number of benzene rings is 2. The fraction of sp³-hybridized carbons (Fsp3) is 0.158. The van der Waals surface area contributed by atoms with Crippen molar-refractivity contribution in [3.05, 3.63) is 64.9 Å². The van der Waals surface area contributed by atoms with Crippen molar-refractivity contribution in [2.75, 3.05) is 6.61 Å². The zero-order valence-electron chi connectivity index (χ0n) is 13.5. The second-order valence-electron chi connectivity index (χ2n) is 5.52. The van der Waals surface area contributed by atoms with Crippen LogP contribution in [0.1, 0.15) is 24.3 Å². The lowest BCUT2D eigenvalue weighted by Gasteiger charge is -2.12. The molecular weight excluding hydrogens is 340 g/mol. The summed E-state index contributed by atoms with van der Waals surface area (Å²) in [6.07, 6.45) is 0. The minimum atomic E-state index is -0.298. The number of nitriles is 1. The van der Waals surface area contributed by atoms with Crippen molar-refractivity contribution in [2.45, 2.75) is 13.0 Å². The smallest absolute Gasteiger partial charge is 0.258 e. The molecule has 0 aliphatic heterocycles. The molecule has 0 spiro atoms. The quantitative estimate of drug-likeness (QED) is 0.744. The Balaban J connectivity index is 1.59. The average Bonchev–Trinajstić information content (AvgIpc) is 3.05. The van der Waals surface area contributed by atoms with Gasteiger partial charge in [0, 0.05) is 5.39 Å². The number of hydrogen-bond acceptors (Lipinski definition) is 4. The molecule has 0 aliphatic rings. The molecule has 0 saturated carbocycles. The van der Waals surface area contributed by atoms with Crippen LogP contribution in [-0.4, -0.2) is 12.5 Å². The monoisotopic (exact) mass is 354 g/mol. The van der Waals surface area contributed by atoms with Crippen LogP contribution >= 0.6 is 11.6 Å². The minimum absolute atomic E-state index is 0.184. The van der Waals surface area contributed by atoms with Gasteiger partial charge >= 0.3 is 0 Å². The SMILES string of the molecule is CC(NC(=O)COc1ccc(C#N)cc1Cl)c1cc2ccccc2o1. The fourth-order valence-corrected chi connectivity index (χ4v) is 2.64. The maximum Gasteiger partial charge on any atom is 0.258 e. The molecule has 1 amide bonds. The highest BCUT2D eigenvalue weighted by molar-refractivity contribution is 6.32. The van der Waals surface area contributed by atoms with Crippen molar-refractivity contribution in [1.82, 2.24) is 5.32 Å². The van der Waals surface area contributed by atoms with E-state index in [9.17, 15) is 4.79 Å². The largest absolute Gasteiger partial charge is 0.482 e. The third-order valence-corrected chi connectivity index (χ3v) is 3.96. The van der Waals surface area contributed by atoms with Crippen LogP contribution in [0.4, 0.5) is 0 Å². The van der Waals surface area contributed by atoms with Crippen LogP contribution in [0.15, 0.2) is 52.9 Å². The molecular formula is C19H15ClN2O3. The number of para-hydroxylation sites is 1. The van der Waals surface area contributed by atoms with Gasteiger partial charge in [-0.15, -0.1) is 0 Å². The van der Waals surface area contributed by atoms with E-state index in [0.717, 1.165) is 11.0 Å². The molecule has 1 N–H and O–H groups in total. The fourth-order valence-electron chi connectivity index (χ4n) is 2.40. The Kier molecular flexibility index (Phi) is 4.92. The number of ether oxygens (including phenoxy) is 1. The van der Waals surface area contributed by atoms with E-state index in [1.807, 2.05) is 43.3 Å². The number of hydrogen-bond donors (Lipinski definition) is 1. The molecule has 1 atom stereocenters. The van der Waals surface area contributed by atoms with E-state index in [2.05, 4.69) is 5.32 Å². The molecule has 2 aromatic carbocycles. The van der Waals surface area contributed by atoms with E-state index >= 15 is 0 Å². The summed E-state index contributed by atoms with van der Waals surface area (Å²) in [4.78, 5) is 12.1. The maximum atomic E-state index is 12.1. The molecule has 126 valence electrons. The lowest BCUT2D eigenvalue weighted by Crippen LogP contribution is -2.31. The summed E-state index contributed by atoms with van der Waals surface area (Å²) in [6, 6.07) is 15.9. The molecule has 6 heteroatoms. The van der Waals surface area contributed by atoms with E-state index in [4.69, 9.17) is 26.0 Å². The van der Waals surface area contributed by atoms with Crippen molar-refractivity contribution in [2.24, 2.45) is 0 Å². The van der Waals surface area contributed by atoms with E-state index in [0.29, 0.717) is 17.1 Å². The number of fused-ring (bicyclic) bond motifs is 1. The van der Waals surface area contributed by atoms with Gasteiger partial charge in [-0.05, 0) is 37.3 Å². The highest BCUT2D eigenvalue weighted by atomic mass is 35.5. The van der Waals surface area contributed by atoms with E-state index in [1.165, 1.54) is 6.07 Å². The summed E-state index contributed by atoms with van der Waals surface area (Å²) in [5.74, 6) is 0.728. The maximum absolute atomic E-state index is 12.1. The molecule has 1 unspecified atom stereocenters. The van der Waals surface area contributed by atoms with E-state index in [-0.39, 0.29) is 23.6 Å². The van der Waals surface area contributed by atoms with Crippen LogP contribution in [0, 0.1) is 11.3 Å². The number of carbonyl (C=O) groups excluding carboxylic acids is 1. The highest BCUT2D eigenvalue weighted by Crippen LogP contribution is 2.26. The number of nitrogens with one attached hydrogen (secondary N) is 1. The van der Waals surface area contributed by atoms with Crippen molar-refractivity contribution in [3.8, 4) is 11.8 Å². The summed E-state index contributed by atoms with van der Waals surface area (Å²) in [7, 11) is 0. The molecule has 25 heavy (non-hydrogen) atoms. The number of furan rings is 1. The summed E-state index contributed by atoms with van der Waals surface area (Å²) in [5.41, 5.74) is 1.21. The number of nitrogens with zero attached hydrogens (tertiary/aromatic N) is 1. The molecule has 5 nitrogen and oxygen atoms in total. The van der Waals surface area contributed by atoms with Gasteiger partial charge in [0.15, 0.2) is 6.61 Å². The number of halogens is 1. The topological polar surface area (TPSA) is 75.3 Å². The van der Waals surface area contributed by atoms with Crippen LogP contribution in [-0.2, 0) is 4.79 Å². The highest BCUT2D eigenvalue weighted by Gasteiger charge is 2.15. The number of carbonyl (C=O) groups is 1. The van der Waals surface area contributed by atoms with Gasteiger partial charge in [0.2, 0.25) is 0 Å². The Morgan fingerprint density at radius 1 is 1.32 bits per heavy atom. The lowest BCUT2D eigenvalue weighted by molar-refractivity contribution is -0.123. The third kappa shape index (κ3) is 3.93. The predicted molar refractivity (Wildman–Crippen MR) is 94.4 cm³/mol. The first kappa shape index (κ1) is 16.9. The molecule has 1 heterocycles. The molecule has 0 fully saturated rings. The van der Waals surface area contributed by atoms with Crippen LogP contribution < -0.4 is 10.1 Å². The average molecular weight is 355 g/mol. The van der Waals surface area contributed by atoms with Crippen LogP contribution in [0.5, 0.6) is 5.75 Å². The minimum Gasteiger partial charge on any atom is -0.482 e. The van der Waals surface area contributed by atoms with Crippen LogP contribution in [0.2, 0.25) is 5.02 Å². The zero-order valence-corrected chi connectivity index (χ0v) is 14.2. The van der Waals surface area contributed by atoms with Gasteiger partial charge < -0.3 is 14.5 Å². The first-order chi connectivity index (χ1) is 12.1. The van der Waals surface area contributed by atoms with E-state index in [1.54, 1.807) is 12.1 Å². The third-order valence-electron chi connectivity index (χ3n) is 3.67. The summed E-state index contributed by atoms with van der Waals surface area (Å²) < 4.78 is 11.1. The molecule has 0 radical (unpaired) electrons. The Morgan fingerprint density at radius 3 is 2.84 bits per heavy atom. The first-order valence-electron chi connectivity index (χ1n) is 7.67. The second kappa shape index (κ2) is 7.29. The number of rotatable bonds is 5. The van der Waals surface area contributed by atoms with Crippen molar-refractivity contribution in [1.29, 1.82) is 5.26 Å². The van der Waals surface area contributed by atoms with Crippen molar-refractivity contribution in [3.63, 3.8) is 0 Å². The lowest BCUT2D eigenvalue weighted by atomic mass is 10.2. The summed E-state index contributed by atoms with van der Waals surface area (Å²) >= 11 is 6.02. The molecule has 3 aromatic rings. The van der Waals surface area contributed by atoms with Crippen LogP contribution in [0.25, 0.3) is 11.0 Å². The van der Waals surface area contributed by atoms with Gasteiger partial charge in [0.05, 0.1) is 22.7 Å². The Labute approximate surface area is 149 Å².